The largest absolute Gasteiger partial charge is 0.393 e. The summed E-state index contributed by atoms with van der Waals surface area (Å²) >= 11 is 0. The monoisotopic (exact) mass is 286 g/mol. The van der Waals surface area contributed by atoms with Crippen LogP contribution >= 0.6 is 0 Å². The second kappa shape index (κ2) is 5.69. The molecule has 1 aliphatic carbocycles. The van der Waals surface area contributed by atoms with Crippen LogP contribution in [0.2, 0.25) is 0 Å². The lowest BCUT2D eigenvalue weighted by molar-refractivity contribution is 0.0869. The lowest BCUT2D eigenvalue weighted by Crippen LogP contribution is -2.39. The number of carbonyl (C=O) groups is 1. The number of aliphatic hydroxyl groups excluding tert-OH is 1. The van der Waals surface area contributed by atoms with Crippen LogP contribution in [-0.4, -0.2) is 28.1 Å². The molecule has 3 N–H and O–H groups in total. The molecule has 1 aromatic heterocycles. The molecule has 0 bridgehead atoms. The van der Waals surface area contributed by atoms with E-state index in [1.165, 1.54) is 6.07 Å². The molecule has 1 saturated carbocycles. The highest BCUT2D eigenvalue weighted by Crippen LogP contribution is 2.20. The van der Waals surface area contributed by atoms with Gasteiger partial charge in [-0.05, 0) is 31.7 Å². The van der Waals surface area contributed by atoms with Gasteiger partial charge in [0.05, 0.1) is 11.7 Å². The van der Waals surface area contributed by atoms with Gasteiger partial charge < -0.3 is 15.4 Å². The van der Waals surface area contributed by atoms with Crippen LogP contribution in [0.25, 0.3) is 10.9 Å². The van der Waals surface area contributed by atoms with Crippen molar-refractivity contribution in [1.29, 1.82) is 0 Å². The molecule has 1 aliphatic rings. The van der Waals surface area contributed by atoms with Crippen LogP contribution in [0.1, 0.15) is 36.0 Å². The van der Waals surface area contributed by atoms with Crippen molar-refractivity contribution in [3.8, 4) is 0 Å². The molecule has 1 fully saturated rings. The first kappa shape index (κ1) is 13.8. The van der Waals surface area contributed by atoms with Gasteiger partial charge in [-0.25, -0.2) is 0 Å². The summed E-state index contributed by atoms with van der Waals surface area (Å²) in [6.45, 7) is 0. The summed E-state index contributed by atoms with van der Waals surface area (Å²) in [6.07, 6.45) is 2.71. The Balaban J connectivity index is 1.86. The molecule has 3 rings (SSSR count). The SMILES string of the molecule is O=C(NC1CCC(O)CC1)c1cc(=O)[nH]c2ccccc12. The van der Waals surface area contributed by atoms with Crippen molar-refractivity contribution in [1.82, 2.24) is 10.3 Å². The zero-order valence-corrected chi connectivity index (χ0v) is 11.6. The van der Waals surface area contributed by atoms with E-state index in [4.69, 9.17) is 0 Å². The molecule has 0 aliphatic heterocycles. The Morgan fingerprint density at radius 1 is 1.19 bits per heavy atom. The number of nitrogens with one attached hydrogen (secondary N) is 2. The molecule has 0 atom stereocenters. The van der Waals surface area contributed by atoms with E-state index in [1.54, 1.807) is 6.07 Å². The van der Waals surface area contributed by atoms with Crippen molar-refractivity contribution in [3.63, 3.8) is 0 Å². The Hall–Kier alpha value is -2.14. The maximum Gasteiger partial charge on any atom is 0.252 e. The molecule has 2 aromatic rings. The molecule has 110 valence electrons. The summed E-state index contributed by atoms with van der Waals surface area (Å²) in [6, 6.07) is 8.68. The third-order valence-corrected chi connectivity index (χ3v) is 4.03. The van der Waals surface area contributed by atoms with Gasteiger partial charge in [-0.2, -0.15) is 0 Å². The number of rotatable bonds is 2. The third-order valence-electron chi connectivity index (χ3n) is 4.03. The van der Waals surface area contributed by atoms with E-state index in [0.29, 0.717) is 23.9 Å². The van der Waals surface area contributed by atoms with Gasteiger partial charge in [-0.3, -0.25) is 9.59 Å². The summed E-state index contributed by atoms with van der Waals surface area (Å²) in [4.78, 5) is 26.8. The number of benzene rings is 1. The van der Waals surface area contributed by atoms with Gasteiger partial charge in [0.15, 0.2) is 0 Å². The van der Waals surface area contributed by atoms with Crippen molar-refractivity contribution < 1.29 is 9.90 Å². The quantitative estimate of drug-likeness (QED) is 0.783. The average Bonchev–Trinajstić information content (AvgIpc) is 2.48. The molecular weight excluding hydrogens is 268 g/mol. The van der Waals surface area contributed by atoms with Crippen molar-refractivity contribution >= 4 is 16.8 Å². The number of amides is 1. The third kappa shape index (κ3) is 2.97. The first-order valence-corrected chi connectivity index (χ1v) is 7.24. The number of carbonyl (C=O) groups excluding carboxylic acids is 1. The number of fused-ring (bicyclic) bond motifs is 1. The topological polar surface area (TPSA) is 82.2 Å². The number of para-hydroxylation sites is 1. The highest BCUT2D eigenvalue weighted by Gasteiger charge is 2.22. The molecule has 5 nitrogen and oxygen atoms in total. The van der Waals surface area contributed by atoms with Crippen LogP contribution in [0.3, 0.4) is 0 Å². The highest BCUT2D eigenvalue weighted by molar-refractivity contribution is 6.06. The molecule has 5 heteroatoms. The van der Waals surface area contributed by atoms with Crippen molar-refractivity contribution in [2.24, 2.45) is 0 Å². The summed E-state index contributed by atoms with van der Waals surface area (Å²) < 4.78 is 0. The standard InChI is InChI=1S/C16H18N2O3/c19-11-7-5-10(6-8-11)17-16(21)13-9-15(20)18-14-4-2-1-3-12(13)14/h1-4,9-11,19H,5-8H2,(H,17,21)(H,18,20). The van der Waals surface area contributed by atoms with Gasteiger partial charge in [-0.15, -0.1) is 0 Å². The van der Waals surface area contributed by atoms with Crippen LogP contribution in [0, 0.1) is 0 Å². The van der Waals surface area contributed by atoms with Gasteiger partial charge in [0.25, 0.3) is 5.91 Å². The molecule has 0 spiro atoms. The number of H-pyrrole nitrogens is 1. The molecule has 1 heterocycles. The smallest absolute Gasteiger partial charge is 0.252 e. The lowest BCUT2D eigenvalue weighted by atomic mass is 9.93. The predicted molar refractivity (Wildman–Crippen MR) is 80.3 cm³/mol. The van der Waals surface area contributed by atoms with Crippen LogP contribution in [0.15, 0.2) is 35.1 Å². The minimum atomic E-state index is -0.280. The zero-order valence-electron chi connectivity index (χ0n) is 11.6. The molecule has 0 radical (unpaired) electrons. The predicted octanol–water partition coefficient (Wildman–Crippen LogP) is 1.56. The molecule has 21 heavy (non-hydrogen) atoms. The van der Waals surface area contributed by atoms with E-state index < -0.39 is 0 Å². The first-order chi connectivity index (χ1) is 10.1. The fourth-order valence-electron chi connectivity index (χ4n) is 2.88. The van der Waals surface area contributed by atoms with Gasteiger partial charge in [-0.1, -0.05) is 18.2 Å². The van der Waals surface area contributed by atoms with Crippen molar-refractivity contribution in [3.05, 3.63) is 46.2 Å². The van der Waals surface area contributed by atoms with Crippen molar-refractivity contribution in [2.75, 3.05) is 0 Å². The highest BCUT2D eigenvalue weighted by atomic mass is 16.3. The van der Waals surface area contributed by atoms with Gasteiger partial charge in [0, 0.05) is 23.0 Å². The summed E-state index contributed by atoms with van der Waals surface area (Å²) in [5.74, 6) is -0.223. The van der Waals surface area contributed by atoms with Crippen LogP contribution < -0.4 is 10.9 Å². The van der Waals surface area contributed by atoms with Crippen LogP contribution in [-0.2, 0) is 0 Å². The molecule has 1 aromatic carbocycles. The lowest BCUT2D eigenvalue weighted by Gasteiger charge is -2.26. The Bertz CT molecular complexity index is 715. The number of hydrogen-bond acceptors (Lipinski definition) is 3. The number of pyridine rings is 1. The summed E-state index contributed by atoms with van der Waals surface area (Å²) in [5, 5.41) is 13.2. The molecular formula is C16H18N2O3. The Labute approximate surface area is 122 Å². The van der Waals surface area contributed by atoms with Crippen molar-refractivity contribution in [2.45, 2.75) is 37.8 Å². The molecule has 0 saturated heterocycles. The number of aromatic nitrogens is 1. The maximum absolute atomic E-state index is 12.4. The van der Waals surface area contributed by atoms with Gasteiger partial charge in [0.2, 0.25) is 5.56 Å². The Morgan fingerprint density at radius 3 is 2.67 bits per heavy atom. The van der Waals surface area contributed by atoms with E-state index in [0.717, 1.165) is 18.2 Å². The van der Waals surface area contributed by atoms with Gasteiger partial charge >= 0.3 is 0 Å². The van der Waals surface area contributed by atoms with Crippen LogP contribution in [0.5, 0.6) is 0 Å². The average molecular weight is 286 g/mol. The van der Waals surface area contributed by atoms with E-state index in [9.17, 15) is 14.7 Å². The molecule has 1 amide bonds. The Morgan fingerprint density at radius 2 is 1.90 bits per heavy atom. The van der Waals surface area contributed by atoms with E-state index in [-0.39, 0.29) is 23.6 Å². The second-order valence-corrected chi connectivity index (χ2v) is 5.57. The van der Waals surface area contributed by atoms with Crippen LogP contribution in [0.4, 0.5) is 0 Å². The van der Waals surface area contributed by atoms with Gasteiger partial charge in [0.1, 0.15) is 0 Å². The number of aromatic amines is 1. The minimum absolute atomic E-state index is 0.0685. The van der Waals surface area contributed by atoms with E-state index in [2.05, 4.69) is 10.3 Å². The maximum atomic E-state index is 12.4. The molecule has 0 unspecified atom stereocenters. The zero-order chi connectivity index (χ0) is 14.8. The summed E-state index contributed by atoms with van der Waals surface area (Å²) in [5.41, 5.74) is 0.785. The Kier molecular flexibility index (Phi) is 3.75. The second-order valence-electron chi connectivity index (χ2n) is 5.57. The van der Waals surface area contributed by atoms with E-state index in [1.807, 2.05) is 18.2 Å². The number of aliphatic hydroxyl groups is 1. The fraction of sp³-hybridized carbons (Fsp3) is 0.375. The summed E-state index contributed by atoms with van der Waals surface area (Å²) in [7, 11) is 0. The minimum Gasteiger partial charge on any atom is -0.393 e. The van der Waals surface area contributed by atoms with E-state index >= 15 is 0 Å². The number of hydrogen-bond donors (Lipinski definition) is 3. The fourth-order valence-corrected chi connectivity index (χ4v) is 2.88. The normalized spacial score (nSPS) is 22.1. The first-order valence-electron chi connectivity index (χ1n) is 7.24.